The van der Waals surface area contributed by atoms with Crippen LogP contribution in [0.5, 0.6) is 0 Å². The van der Waals surface area contributed by atoms with Crippen molar-refractivity contribution in [1.82, 2.24) is 19.5 Å². The number of likely N-dealkylation sites (tertiary alicyclic amines) is 1. The van der Waals surface area contributed by atoms with Gasteiger partial charge in [0.25, 0.3) is 0 Å². The minimum Gasteiger partial charge on any atom is -0.296 e. The first-order chi connectivity index (χ1) is 8.33. The van der Waals surface area contributed by atoms with Crippen LogP contribution < -0.4 is 0 Å². The van der Waals surface area contributed by atoms with Crippen LogP contribution in [0, 0.1) is 0 Å². The molecule has 2 aromatic heterocycles. The van der Waals surface area contributed by atoms with Crippen molar-refractivity contribution in [3.63, 3.8) is 0 Å². The molecule has 1 aliphatic heterocycles. The van der Waals surface area contributed by atoms with Gasteiger partial charge in [0.1, 0.15) is 0 Å². The Labute approximate surface area is 105 Å². The van der Waals surface area contributed by atoms with Crippen molar-refractivity contribution < 1.29 is 0 Å². The summed E-state index contributed by atoms with van der Waals surface area (Å²) >= 11 is 6.08. The van der Waals surface area contributed by atoms with E-state index in [-0.39, 0.29) is 0 Å². The first-order valence-electron chi connectivity index (χ1n) is 6.05. The standard InChI is InChI=1S/C12H15ClN4/c13-10-5-4-8-17-12(10)14-11(15-17)9-16-6-2-1-3-7-16/h4-5,8H,1-3,6-7,9H2. The van der Waals surface area contributed by atoms with Crippen LogP contribution in [0.25, 0.3) is 5.65 Å². The van der Waals surface area contributed by atoms with E-state index in [0.29, 0.717) is 5.02 Å². The summed E-state index contributed by atoms with van der Waals surface area (Å²) in [5.74, 6) is 0.861. The molecule has 3 heterocycles. The maximum absolute atomic E-state index is 6.08. The Morgan fingerprint density at radius 2 is 2.06 bits per heavy atom. The monoisotopic (exact) mass is 250 g/mol. The first-order valence-corrected chi connectivity index (χ1v) is 6.43. The van der Waals surface area contributed by atoms with Crippen molar-refractivity contribution in [2.75, 3.05) is 13.1 Å². The zero-order valence-corrected chi connectivity index (χ0v) is 10.4. The van der Waals surface area contributed by atoms with Crippen molar-refractivity contribution in [3.05, 3.63) is 29.2 Å². The van der Waals surface area contributed by atoms with Crippen molar-refractivity contribution in [2.24, 2.45) is 0 Å². The molecule has 3 rings (SSSR count). The van der Waals surface area contributed by atoms with Gasteiger partial charge >= 0.3 is 0 Å². The Kier molecular flexibility index (Phi) is 2.99. The van der Waals surface area contributed by atoms with Gasteiger partial charge in [-0.05, 0) is 38.1 Å². The molecule has 0 radical (unpaired) electrons. The molecule has 1 saturated heterocycles. The lowest BCUT2D eigenvalue weighted by Crippen LogP contribution is -2.29. The number of hydrogen-bond donors (Lipinski definition) is 0. The van der Waals surface area contributed by atoms with Gasteiger partial charge in [-0.15, -0.1) is 5.10 Å². The molecule has 0 spiro atoms. The summed E-state index contributed by atoms with van der Waals surface area (Å²) in [4.78, 5) is 6.89. The maximum Gasteiger partial charge on any atom is 0.174 e. The third-order valence-corrected chi connectivity index (χ3v) is 3.47. The molecule has 17 heavy (non-hydrogen) atoms. The fourth-order valence-electron chi connectivity index (χ4n) is 2.30. The number of aromatic nitrogens is 3. The Morgan fingerprint density at radius 1 is 1.24 bits per heavy atom. The van der Waals surface area contributed by atoms with Gasteiger partial charge in [-0.2, -0.15) is 0 Å². The van der Waals surface area contributed by atoms with Crippen LogP contribution in [0.4, 0.5) is 0 Å². The smallest absolute Gasteiger partial charge is 0.174 e. The van der Waals surface area contributed by atoms with E-state index in [2.05, 4.69) is 15.0 Å². The van der Waals surface area contributed by atoms with Crippen LogP contribution in [0.15, 0.2) is 18.3 Å². The summed E-state index contributed by atoms with van der Waals surface area (Å²) < 4.78 is 1.75. The van der Waals surface area contributed by atoms with Crippen LogP contribution >= 0.6 is 11.6 Å². The van der Waals surface area contributed by atoms with E-state index >= 15 is 0 Å². The van der Waals surface area contributed by atoms with Crippen LogP contribution in [0.2, 0.25) is 5.02 Å². The second kappa shape index (κ2) is 4.63. The topological polar surface area (TPSA) is 33.4 Å². The van der Waals surface area contributed by atoms with Gasteiger partial charge in [0.15, 0.2) is 11.5 Å². The number of pyridine rings is 1. The van der Waals surface area contributed by atoms with E-state index < -0.39 is 0 Å². The molecule has 0 amide bonds. The molecule has 0 aliphatic carbocycles. The summed E-state index contributed by atoms with van der Waals surface area (Å²) in [7, 11) is 0. The van der Waals surface area contributed by atoms with Crippen LogP contribution in [-0.4, -0.2) is 32.6 Å². The first kappa shape index (κ1) is 11.0. The van der Waals surface area contributed by atoms with Crippen molar-refractivity contribution in [2.45, 2.75) is 25.8 Å². The lowest BCUT2D eigenvalue weighted by Gasteiger charge is -2.24. The summed E-state index contributed by atoms with van der Waals surface area (Å²) in [6.45, 7) is 3.14. The van der Waals surface area contributed by atoms with Gasteiger partial charge in [-0.1, -0.05) is 18.0 Å². The minimum atomic E-state index is 0.657. The number of piperidine rings is 1. The van der Waals surface area contributed by atoms with Gasteiger partial charge in [0.2, 0.25) is 0 Å². The molecule has 0 N–H and O–H groups in total. The summed E-state index contributed by atoms with van der Waals surface area (Å²) in [6, 6.07) is 3.73. The zero-order valence-electron chi connectivity index (χ0n) is 9.64. The molecule has 0 aromatic carbocycles. The van der Waals surface area contributed by atoms with Gasteiger partial charge < -0.3 is 0 Å². The molecule has 1 aliphatic rings. The highest BCUT2D eigenvalue weighted by molar-refractivity contribution is 6.33. The fraction of sp³-hybridized carbons (Fsp3) is 0.500. The van der Waals surface area contributed by atoms with E-state index in [1.807, 2.05) is 18.3 Å². The summed E-state index contributed by atoms with van der Waals surface area (Å²) in [5, 5.41) is 5.10. The van der Waals surface area contributed by atoms with Crippen LogP contribution in [0.3, 0.4) is 0 Å². The number of rotatable bonds is 2. The second-order valence-electron chi connectivity index (χ2n) is 4.49. The van der Waals surface area contributed by atoms with E-state index in [1.54, 1.807) is 4.52 Å². The van der Waals surface area contributed by atoms with Crippen molar-refractivity contribution >= 4 is 17.2 Å². The maximum atomic E-state index is 6.08. The van der Waals surface area contributed by atoms with Gasteiger partial charge in [0, 0.05) is 6.20 Å². The van der Waals surface area contributed by atoms with E-state index in [0.717, 1.165) is 31.1 Å². The highest BCUT2D eigenvalue weighted by atomic mass is 35.5. The van der Waals surface area contributed by atoms with Crippen LogP contribution in [0.1, 0.15) is 25.1 Å². The molecule has 0 atom stereocenters. The molecular formula is C12H15ClN4. The Morgan fingerprint density at radius 3 is 2.82 bits per heavy atom. The molecule has 5 heteroatoms. The quantitative estimate of drug-likeness (QED) is 0.821. The lowest BCUT2D eigenvalue weighted by atomic mass is 10.1. The van der Waals surface area contributed by atoms with Crippen molar-refractivity contribution in [1.29, 1.82) is 0 Å². The molecule has 4 nitrogen and oxygen atoms in total. The molecule has 90 valence electrons. The Hall–Kier alpha value is -1.13. The highest BCUT2D eigenvalue weighted by Gasteiger charge is 2.13. The molecule has 0 bridgehead atoms. The molecule has 0 unspecified atom stereocenters. The normalized spacial score (nSPS) is 17.7. The average Bonchev–Trinajstić information content (AvgIpc) is 2.74. The third-order valence-electron chi connectivity index (χ3n) is 3.17. The van der Waals surface area contributed by atoms with E-state index in [4.69, 9.17) is 11.6 Å². The molecule has 0 saturated carbocycles. The number of halogens is 1. The predicted octanol–water partition coefficient (Wildman–Crippen LogP) is 2.37. The van der Waals surface area contributed by atoms with Crippen LogP contribution in [-0.2, 0) is 6.54 Å². The van der Waals surface area contributed by atoms with E-state index in [1.165, 1.54) is 19.3 Å². The van der Waals surface area contributed by atoms with Crippen molar-refractivity contribution in [3.8, 4) is 0 Å². The Bertz CT molecular complexity index is 516. The Balaban J connectivity index is 1.83. The van der Waals surface area contributed by atoms with Gasteiger partial charge in [0.05, 0.1) is 11.6 Å². The van der Waals surface area contributed by atoms with Gasteiger partial charge in [-0.25, -0.2) is 9.50 Å². The second-order valence-corrected chi connectivity index (χ2v) is 4.90. The summed E-state index contributed by atoms with van der Waals surface area (Å²) in [6.07, 6.45) is 5.80. The number of nitrogens with zero attached hydrogens (tertiary/aromatic N) is 4. The van der Waals surface area contributed by atoms with Gasteiger partial charge in [-0.3, -0.25) is 4.90 Å². The largest absolute Gasteiger partial charge is 0.296 e. The lowest BCUT2D eigenvalue weighted by molar-refractivity contribution is 0.216. The highest BCUT2D eigenvalue weighted by Crippen LogP contribution is 2.16. The van der Waals surface area contributed by atoms with E-state index in [9.17, 15) is 0 Å². The molecular weight excluding hydrogens is 236 g/mol. The third kappa shape index (κ3) is 2.28. The number of hydrogen-bond acceptors (Lipinski definition) is 3. The predicted molar refractivity (Wildman–Crippen MR) is 67.1 cm³/mol. The SMILES string of the molecule is Clc1cccn2nc(CN3CCCCC3)nc12. The zero-order chi connectivity index (χ0) is 11.7. The average molecular weight is 251 g/mol. The molecule has 1 fully saturated rings. The fourth-order valence-corrected chi connectivity index (χ4v) is 2.50. The number of fused-ring (bicyclic) bond motifs is 1. The summed E-state index contributed by atoms with van der Waals surface area (Å²) in [5.41, 5.74) is 0.751. The minimum absolute atomic E-state index is 0.657. The molecule has 2 aromatic rings.